The molecule has 0 saturated heterocycles. The number of carbonyl (C=O) groups is 1. The van der Waals surface area contributed by atoms with E-state index in [0.29, 0.717) is 23.8 Å². The van der Waals surface area contributed by atoms with Crippen LogP contribution in [0.2, 0.25) is 0 Å². The van der Waals surface area contributed by atoms with E-state index in [4.69, 9.17) is 10.5 Å². The van der Waals surface area contributed by atoms with Gasteiger partial charge in [0.2, 0.25) is 0 Å². The molecule has 126 valence electrons. The number of anilines is 1. The van der Waals surface area contributed by atoms with Crippen molar-refractivity contribution in [1.82, 2.24) is 5.32 Å². The normalized spacial score (nSPS) is 14.5. The molecule has 0 spiro atoms. The van der Waals surface area contributed by atoms with Crippen LogP contribution in [0.3, 0.4) is 0 Å². The predicted octanol–water partition coefficient (Wildman–Crippen LogP) is 2.12. The zero-order valence-corrected chi connectivity index (χ0v) is 14.3. The first-order valence-electron chi connectivity index (χ1n) is 7.85. The number of benzene rings is 1. The average Bonchev–Trinajstić information content (AvgIpc) is 3.12. The number of rotatable bonds is 6. The number of amides is 1. The van der Waals surface area contributed by atoms with Gasteiger partial charge in [-0.2, -0.15) is 0 Å². The van der Waals surface area contributed by atoms with Crippen molar-refractivity contribution in [3.8, 4) is 5.75 Å². The van der Waals surface area contributed by atoms with Crippen molar-refractivity contribution in [2.24, 2.45) is 10.7 Å². The number of nitrogens with one attached hydrogen (secondary N) is 1. The summed E-state index contributed by atoms with van der Waals surface area (Å²) in [5.41, 5.74) is 7.51. The Hall–Kier alpha value is -2.38. The summed E-state index contributed by atoms with van der Waals surface area (Å²) in [6, 6.07) is 9.40. The van der Waals surface area contributed by atoms with Crippen molar-refractivity contribution in [1.29, 1.82) is 0 Å². The van der Waals surface area contributed by atoms with Gasteiger partial charge in [0.25, 0.3) is 5.91 Å². The average molecular weight is 344 g/mol. The summed E-state index contributed by atoms with van der Waals surface area (Å²) in [4.78, 5) is 19.2. The molecule has 0 radical (unpaired) electrons. The van der Waals surface area contributed by atoms with E-state index in [1.807, 2.05) is 42.6 Å². The molecule has 2 aromatic rings. The first-order chi connectivity index (χ1) is 11.7. The Balaban J connectivity index is 1.83. The van der Waals surface area contributed by atoms with Gasteiger partial charge in [-0.1, -0.05) is 13.0 Å². The molecule has 7 heteroatoms. The van der Waals surface area contributed by atoms with Crippen molar-refractivity contribution in [3.63, 3.8) is 0 Å². The third-order valence-electron chi connectivity index (χ3n) is 3.67. The summed E-state index contributed by atoms with van der Waals surface area (Å²) < 4.78 is 5.57. The lowest BCUT2D eigenvalue weighted by molar-refractivity contribution is -0.121. The van der Waals surface area contributed by atoms with Crippen LogP contribution in [-0.2, 0) is 4.79 Å². The minimum absolute atomic E-state index is 0.0326. The number of nitrogens with two attached hydrogens (primary N) is 1. The Labute approximate surface area is 144 Å². The molecule has 1 aliphatic heterocycles. The molecule has 3 rings (SSSR count). The molecular formula is C17H20N4O2S. The first kappa shape index (κ1) is 16.5. The van der Waals surface area contributed by atoms with Crippen LogP contribution in [0.1, 0.15) is 11.8 Å². The number of fused-ring (bicyclic) bond motifs is 1. The first-order valence-corrected chi connectivity index (χ1v) is 8.73. The minimum atomic E-state index is -0.0326. The highest BCUT2D eigenvalue weighted by Crippen LogP contribution is 2.35. The second kappa shape index (κ2) is 7.46. The van der Waals surface area contributed by atoms with Crippen LogP contribution in [0.25, 0.3) is 0 Å². The number of thiophene rings is 1. The molecule has 0 saturated carbocycles. The number of carbonyl (C=O) groups excluding carboxylic acids is 1. The highest BCUT2D eigenvalue weighted by Gasteiger charge is 2.25. The number of nitrogens with zero attached hydrogens (tertiary/aromatic N) is 2. The molecule has 2 heterocycles. The number of hydrogen-bond acceptors (Lipinski definition) is 5. The summed E-state index contributed by atoms with van der Waals surface area (Å²) in [7, 11) is 0. The molecule has 6 nitrogen and oxygen atoms in total. The molecule has 3 N–H and O–H groups in total. The zero-order valence-electron chi connectivity index (χ0n) is 13.5. The third-order valence-corrected chi connectivity index (χ3v) is 4.56. The number of hydrogen-bond donors (Lipinski definition) is 2. The van der Waals surface area contributed by atoms with Crippen LogP contribution in [0.5, 0.6) is 5.75 Å². The molecule has 1 aromatic heterocycles. The summed E-state index contributed by atoms with van der Waals surface area (Å²) >= 11 is 1.54. The van der Waals surface area contributed by atoms with E-state index in [-0.39, 0.29) is 12.5 Å². The van der Waals surface area contributed by atoms with Gasteiger partial charge in [0.15, 0.2) is 6.61 Å². The Kier molecular flexibility index (Phi) is 5.12. The minimum Gasteiger partial charge on any atom is -0.481 e. The van der Waals surface area contributed by atoms with Crippen LogP contribution < -0.4 is 20.7 Å². The lowest BCUT2D eigenvalue weighted by Gasteiger charge is -2.29. The second-order valence-electron chi connectivity index (χ2n) is 5.31. The molecule has 0 fully saturated rings. The van der Waals surface area contributed by atoms with Crippen LogP contribution in [-0.4, -0.2) is 38.0 Å². The van der Waals surface area contributed by atoms with Gasteiger partial charge in [0.1, 0.15) is 11.6 Å². The molecule has 1 aromatic carbocycles. The fourth-order valence-electron chi connectivity index (χ4n) is 2.49. The molecule has 0 atom stereocenters. The van der Waals surface area contributed by atoms with Crippen LogP contribution in [0, 0.1) is 0 Å². The number of ether oxygens (including phenoxy) is 1. The maximum atomic E-state index is 12.1. The van der Waals surface area contributed by atoms with Gasteiger partial charge in [0, 0.05) is 19.2 Å². The molecule has 0 unspecified atom stereocenters. The predicted molar refractivity (Wildman–Crippen MR) is 97.5 cm³/mol. The maximum absolute atomic E-state index is 12.1. The Morgan fingerprint density at radius 2 is 2.33 bits per heavy atom. The van der Waals surface area contributed by atoms with Crippen molar-refractivity contribution in [2.45, 2.75) is 6.92 Å². The maximum Gasteiger partial charge on any atom is 0.265 e. The van der Waals surface area contributed by atoms with Gasteiger partial charge in [0.05, 0.1) is 16.3 Å². The van der Waals surface area contributed by atoms with Gasteiger partial charge in [-0.3, -0.25) is 4.79 Å². The van der Waals surface area contributed by atoms with Gasteiger partial charge in [-0.05, 0) is 30.1 Å². The van der Waals surface area contributed by atoms with Crippen LogP contribution in [0.15, 0.2) is 40.7 Å². The van der Waals surface area contributed by atoms with E-state index in [0.717, 1.165) is 23.7 Å². The van der Waals surface area contributed by atoms with Gasteiger partial charge < -0.3 is 20.7 Å². The Bertz CT molecular complexity index is 743. The molecule has 0 aliphatic carbocycles. The monoisotopic (exact) mass is 344 g/mol. The smallest absolute Gasteiger partial charge is 0.265 e. The van der Waals surface area contributed by atoms with Gasteiger partial charge in [-0.15, -0.1) is 11.3 Å². The SMILES string of the molecule is CCNCCN1C(=O)COc2cc(N=C(N)c3cccs3)ccc21. The van der Waals surface area contributed by atoms with E-state index in [1.54, 1.807) is 16.2 Å². The fourth-order valence-corrected chi connectivity index (χ4v) is 3.12. The summed E-state index contributed by atoms with van der Waals surface area (Å²) in [5, 5.41) is 5.19. The summed E-state index contributed by atoms with van der Waals surface area (Å²) in [6.07, 6.45) is 0. The van der Waals surface area contributed by atoms with Crippen molar-refractivity contribution in [2.75, 3.05) is 31.1 Å². The summed E-state index contributed by atoms with van der Waals surface area (Å²) in [5.74, 6) is 1.10. The largest absolute Gasteiger partial charge is 0.481 e. The Morgan fingerprint density at radius 1 is 1.46 bits per heavy atom. The van der Waals surface area contributed by atoms with Gasteiger partial charge in [-0.25, -0.2) is 4.99 Å². The quantitative estimate of drug-likeness (QED) is 0.478. The fraction of sp³-hybridized carbons (Fsp3) is 0.294. The third kappa shape index (κ3) is 3.58. The van der Waals surface area contributed by atoms with Crippen LogP contribution in [0.4, 0.5) is 11.4 Å². The number of likely N-dealkylation sites (N-methyl/N-ethyl adjacent to an activating group) is 1. The lowest BCUT2D eigenvalue weighted by Crippen LogP contribution is -2.42. The van der Waals surface area contributed by atoms with Crippen molar-refractivity contribution >= 4 is 34.5 Å². The van der Waals surface area contributed by atoms with E-state index in [2.05, 4.69) is 10.3 Å². The van der Waals surface area contributed by atoms with Crippen molar-refractivity contribution < 1.29 is 9.53 Å². The highest BCUT2D eigenvalue weighted by molar-refractivity contribution is 7.12. The van der Waals surface area contributed by atoms with Gasteiger partial charge >= 0.3 is 0 Å². The number of amidine groups is 1. The van der Waals surface area contributed by atoms with Crippen molar-refractivity contribution in [3.05, 3.63) is 40.6 Å². The molecule has 24 heavy (non-hydrogen) atoms. The lowest BCUT2D eigenvalue weighted by atomic mass is 10.2. The molecular weight excluding hydrogens is 324 g/mol. The van der Waals surface area contributed by atoms with Crippen LogP contribution >= 0.6 is 11.3 Å². The topological polar surface area (TPSA) is 80.0 Å². The number of aliphatic imine (C=N–C) groups is 1. The second-order valence-corrected chi connectivity index (χ2v) is 6.26. The summed E-state index contributed by atoms with van der Waals surface area (Å²) in [6.45, 7) is 4.32. The Morgan fingerprint density at radius 3 is 3.08 bits per heavy atom. The standard InChI is InChI=1S/C17H20N4O2S/c1-2-19-7-8-21-13-6-5-12(10-14(13)23-11-16(21)22)20-17(18)15-4-3-9-24-15/h3-6,9-10,19H,2,7-8,11H2,1H3,(H2,18,20). The zero-order chi connectivity index (χ0) is 16.9. The molecule has 0 bridgehead atoms. The van der Waals surface area contributed by atoms with E-state index < -0.39 is 0 Å². The molecule has 1 amide bonds. The van der Waals surface area contributed by atoms with E-state index >= 15 is 0 Å². The molecule has 1 aliphatic rings. The highest BCUT2D eigenvalue weighted by atomic mass is 32.1. The van der Waals surface area contributed by atoms with E-state index in [1.165, 1.54) is 0 Å². The van der Waals surface area contributed by atoms with E-state index in [9.17, 15) is 4.79 Å².